The minimum Gasteiger partial charge on any atom is -0.454 e. The molecular formula is C18H18N2O3. The average molecular weight is 310 g/mol. The molecule has 0 aliphatic carbocycles. The summed E-state index contributed by atoms with van der Waals surface area (Å²) in [4.78, 5) is 14.0. The van der Waals surface area contributed by atoms with Crippen LogP contribution in [-0.2, 0) is 11.2 Å². The summed E-state index contributed by atoms with van der Waals surface area (Å²) in [6.45, 7) is 2.33. The van der Waals surface area contributed by atoms with Crippen molar-refractivity contribution in [3.63, 3.8) is 0 Å². The van der Waals surface area contributed by atoms with Crippen LogP contribution < -0.4 is 20.1 Å². The molecule has 2 atom stereocenters. The number of nitrogens with two attached hydrogens (primary N) is 1. The highest BCUT2D eigenvalue weighted by atomic mass is 16.7. The Morgan fingerprint density at radius 2 is 1.87 bits per heavy atom. The molecule has 2 aliphatic rings. The summed E-state index contributed by atoms with van der Waals surface area (Å²) in [7, 11) is 0. The van der Waals surface area contributed by atoms with Gasteiger partial charge in [-0.05, 0) is 29.7 Å². The van der Waals surface area contributed by atoms with Crippen molar-refractivity contribution in [3.8, 4) is 11.5 Å². The molecule has 1 amide bonds. The monoisotopic (exact) mass is 310 g/mol. The van der Waals surface area contributed by atoms with Gasteiger partial charge in [-0.2, -0.15) is 0 Å². The molecule has 118 valence electrons. The van der Waals surface area contributed by atoms with Crippen molar-refractivity contribution < 1.29 is 14.3 Å². The Labute approximate surface area is 134 Å². The van der Waals surface area contributed by atoms with E-state index in [-0.39, 0.29) is 18.7 Å². The lowest BCUT2D eigenvalue weighted by Gasteiger charge is -2.45. The maximum absolute atomic E-state index is 12.3. The number of ether oxygens (including phenoxy) is 2. The Morgan fingerprint density at radius 1 is 1.13 bits per heavy atom. The molecule has 0 spiro atoms. The number of β-lactam (4-membered cyclic amide) rings is 1. The predicted octanol–water partition coefficient (Wildman–Crippen LogP) is 2.39. The third kappa shape index (κ3) is 2.16. The highest BCUT2D eigenvalue weighted by Crippen LogP contribution is 2.42. The number of fused-ring (bicyclic) bond motifs is 1. The van der Waals surface area contributed by atoms with Crippen LogP contribution in [0.15, 0.2) is 42.5 Å². The summed E-state index contributed by atoms with van der Waals surface area (Å²) in [6.07, 6.45) is 0.988. The smallest absolute Gasteiger partial charge is 0.247 e. The minimum absolute atomic E-state index is 0.0755. The van der Waals surface area contributed by atoms with E-state index in [0.29, 0.717) is 11.5 Å². The van der Waals surface area contributed by atoms with Gasteiger partial charge in [-0.15, -0.1) is 0 Å². The molecule has 0 aromatic heterocycles. The van der Waals surface area contributed by atoms with Gasteiger partial charge in [0, 0.05) is 11.8 Å². The van der Waals surface area contributed by atoms with Gasteiger partial charge in [-0.3, -0.25) is 4.79 Å². The lowest BCUT2D eigenvalue weighted by molar-refractivity contribution is -0.126. The average Bonchev–Trinajstić information content (AvgIpc) is 3.06. The van der Waals surface area contributed by atoms with Gasteiger partial charge in [0.05, 0.1) is 6.04 Å². The Kier molecular flexibility index (Phi) is 3.23. The van der Waals surface area contributed by atoms with Gasteiger partial charge >= 0.3 is 0 Å². The summed E-state index contributed by atoms with van der Waals surface area (Å²) in [5, 5.41) is 0. The van der Waals surface area contributed by atoms with E-state index in [4.69, 9.17) is 15.2 Å². The van der Waals surface area contributed by atoms with Crippen molar-refractivity contribution in [2.45, 2.75) is 25.4 Å². The SMILES string of the molecule is CCc1ccc([C@@H]2[C@H](N)C(=O)N2c2ccc3c(c2)OCO3)cc1. The molecule has 4 rings (SSSR count). The van der Waals surface area contributed by atoms with E-state index < -0.39 is 6.04 Å². The molecule has 23 heavy (non-hydrogen) atoms. The van der Waals surface area contributed by atoms with Crippen LogP contribution in [0.2, 0.25) is 0 Å². The lowest BCUT2D eigenvalue weighted by atomic mass is 9.88. The lowest BCUT2D eigenvalue weighted by Crippen LogP contribution is -2.63. The van der Waals surface area contributed by atoms with Gasteiger partial charge in [-0.1, -0.05) is 31.2 Å². The Morgan fingerprint density at radius 3 is 2.61 bits per heavy atom. The first-order valence-electron chi connectivity index (χ1n) is 7.76. The molecule has 2 N–H and O–H groups in total. The van der Waals surface area contributed by atoms with E-state index >= 15 is 0 Å². The van der Waals surface area contributed by atoms with E-state index in [1.807, 2.05) is 18.2 Å². The predicted molar refractivity (Wildman–Crippen MR) is 86.6 cm³/mol. The standard InChI is InChI=1S/C18H18N2O3/c1-2-11-3-5-12(6-4-11)17-16(19)18(21)20(17)13-7-8-14-15(9-13)23-10-22-14/h3-9,16-17H,2,10,19H2,1H3/t16-,17+/m0/s1. The fourth-order valence-electron chi connectivity index (χ4n) is 3.14. The molecule has 2 aromatic rings. The van der Waals surface area contributed by atoms with Crippen molar-refractivity contribution in [2.24, 2.45) is 5.73 Å². The van der Waals surface area contributed by atoms with Gasteiger partial charge in [-0.25, -0.2) is 0 Å². The zero-order valence-corrected chi connectivity index (χ0v) is 12.9. The second-order valence-electron chi connectivity index (χ2n) is 5.81. The third-order valence-corrected chi connectivity index (χ3v) is 4.50. The third-order valence-electron chi connectivity index (χ3n) is 4.50. The summed E-state index contributed by atoms with van der Waals surface area (Å²) < 4.78 is 10.7. The van der Waals surface area contributed by atoms with Crippen LogP contribution in [0, 0.1) is 0 Å². The van der Waals surface area contributed by atoms with Crippen LogP contribution in [0.25, 0.3) is 0 Å². The number of nitrogens with zero attached hydrogens (tertiary/aromatic N) is 1. The normalized spacial score (nSPS) is 22.2. The number of amides is 1. The number of carbonyl (C=O) groups excluding carboxylic acids is 1. The molecule has 5 nitrogen and oxygen atoms in total. The molecule has 0 unspecified atom stereocenters. The number of carbonyl (C=O) groups is 1. The molecule has 2 heterocycles. The first kappa shape index (κ1) is 14.1. The number of hydrogen-bond acceptors (Lipinski definition) is 4. The summed E-state index contributed by atoms with van der Waals surface area (Å²) in [5.41, 5.74) is 9.16. The second kappa shape index (κ2) is 5.28. The maximum Gasteiger partial charge on any atom is 0.247 e. The van der Waals surface area contributed by atoms with Gasteiger partial charge in [0.1, 0.15) is 6.04 Å². The zero-order chi connectivity index (χ0) is 16.0. The van der Waals surface area contributed by atoms with Gasteiger partial charge < -0.3 is 20.1 Å². The largest absolute Gasteiger partial charge is 0.454 e. The van der Waals surface area contributed by atoms with Crippen molar-refractivity contribution in [1.82, 2.24) is 0 Å². The van der Waals surface area contributed by atoms with Crippen LogP contribution >= 0.6 is 0 Å². The highest BCUT2D eigenvalue weighted by Gasteiger charge is 2.46. The number of anilines is 1. The molecule has 5 heteroatoms. The van der Waals surface area contributed by atoms with Crippen LogP contribution in [0.3, 0.4) is 0 Å². The number of rotatable bonds is 3. The fourth-order valence-corrected chi connectivity index (χ4v) is 3.14. The molecule has 1 saturated heterocycles. The molecule has 2 aromatic carbocycles. The van der Waals surface area contributed by atoms with Gasteiger partial charge in [0.2, 0.25) is 12.7 Å². The van der Waals surface area contributed by atoms with Crippen LogP contribution in [0.4, 0.5) is 5.69 Å². The van der Waals surface area contributed by atoms with Crippen molar-refractivity contribution in [2.75, 3.05) is 11.7 Å². The Balaban J connectivity index is 1.67. The van der Waals surface area contributed by atoms with E-state index in [1.165, 1.54) is 5.56 Å². The zero-order valence-electron chi connectivity index (χ0n) is 12.9. The summed E-state index contributed by atoms with van der Waals surface area (Å²) in [6, 6.07) is 13.1. The number of aryl methyl sites for hydroxylation is 1. The second-order valence-corrected chi connectivity index (χ2v) is 5.81. The molecule has 0 saturated carbocycles. The Bertz CT molecular complexity index is 757. The fraction of sp³-hybridized carbons (Fsp3) is 0.278. The molecule has 0 radical (unpaired) electrons. The molecule has 0 bridgehead atoms. The molecule has 2 aliphatic heterocycles. The minimum atomic E-state index is -0.507. The van der Waals surface area contributed by atoms with E-state index in [0.717, 1.165) is 17.7 Å². The van der Waals surface area contributed by atoms with Crippen LogP contribution in [0.1, 0.15) is 24.1 Å². The first-order chi connectivity index (χ1) is 11.2. The highest BCUT2D eigenvalue weighted by molar-refractivity contribution is 6.05. The topological polar surface area (TPSA) is 64.8 Å². The summed E-state index contributed by atoms with van der Waals surface area (Å²) in [5.74, 6) is 1.29. The quantitative estimate of drug-likeness (QED) is 0.884. The van der Waals surface area contributed by atoms with Crippen molar-refractivity contribution in [1.29, 1.82) is 0 Å². The van der Waals surface area contributed by atoms with E-state index in [1.54, 1.807) is 4.90 Å². The van der Waals surface area contributed by atoms with Gasteiger partial charge in [0.25, 0.3) is 0 Å². The molecule has 1 fully saturated rings. The van der Waals surface area contributed by atoms with Gasteiger partial charge in [0.15, 0.2) is 11.5 Å². The first-order valence-corrected chi connectivity index (χ1v) is 7.76. The van der Waals surface area contributed by atoms with E-state index in [9.17, 15) is 4.79 Å². The number of hydrogen-bond donors (Lipinski definition) is 1. The summed E-state index contributed by atoms with van der Waals surface area (Å²) >= 11 is 0. The van der Waals surface area contributed by atoms with Crippen LogP contribution in [0.5, 0.6) is 11.5 Å². The maximum atomic E-state index is 12.3. The van der Waals surface area contributed by atoms with Crippen LogP contribution in [-0.4, -0.2) is 18.7 Å². The van der Waals surface area contributed by atoms with Crippen molar-refractivity contribution >= 4 is 11.6 Å². The van der Waals surface area contributed by atoms with Crippen molar-refractivity contribution in [3.05, 3.63) is 53.6 Å². The Hall–Kier alpha value is -2.53. The molecular weight excluding hydrogens is 292 g/mol. The van der Waals surface area contributed by atoms with E-state index in [2.05, 4.69) is 31.2 Å². The number of benzene rings is 2.